The highest BCUT2D eigenvalue weighted by Crippen LogP contribution is 2.22. The van der Waals surface area contributed by atoms with Crippen molar-refractivity contribution in [3.63, 3.8) is 0 Å². The third-order valence-corrected chi connectivity index (χ3v) is 2.77. The van der Waals surface area contributed by atoms with Gasteiger partial charge in [-0.3, -0.25) is 5.10 Å². The zero-order valence-corrected chi connectivity index (χ0v) is 10.8. The second-order valence-corrected chi connectivity index (χ2v) is 4.20. The predicted molar refractivity (Wildman–Crippen MR) is 73.0 cm³/mol. The molecule has 96 valence electrons. The first-order valence-corrected chi connectivity index (χ1v) is 5.91. The predicted octanol–water partition coefficient (Wildman–Crippen LogP) is 2.76. The number of hydrogen-bond acceptors (Lipinski definition) is 5. The molecule has 0 unspecified atom stereocenters. The summed E-state index contributed by atoms with van der Waals surface area (Å²) in [6.07, 6.45) is 1.76. The quantitative estimate of drug-likeness (QED) is 0.719. The second-order valence-electron chi connectivity index (χ2n) is 3.86. The highest BCUT2D eigenvalue weighted by molar-refractivity contribution is 6.28. The van der Waals surface area contributed by atoms with Gasteiger partial charge < -0.3 is 10.1 Å². The van der Waals surface area contributed by atoms with E-state index in [-0.39, 0.29) is 5.28 Å². The van der Waals surface area contributed by atoms with Crippen molar-refractivity contribution >= 4 is 34.0 Å². The number of methoxy groups -OCH3 is 1. The Balaban J connectivity index is 1.93. The smallest absolute Gasteiger partial charge is 0.227 e. The molecule has 0 fully saturated rings. The van der Waals surface area contributed by atoms with Crippen LogP contribution in [0.4, 0.5) is 11.5 Å². The molecular formula is C12H10ClN5O. The van der Waals surface area contributed by atoms with Crippen LogP contribution >= 0.6 is 11.6 Å². The normalized spacial score (nSPS) is 10.6. The Morgan fingerprint density at radius 2 is 2.16 bits per heavy atom. The van der Waals surface area contributed by atoms with Gasteiger partial charge in [0, 0.05) is 17.1 Å². The molecule has 2 heterocycles. The Morgan fingerprint density at radius 3 is 3.00 bits per heavy atom. The molecule has 3 aromatic rings. The summed E-state index contributed by atoms with van der Waals surface area (Å²) < 4.78 is 5.04. The van der Waals surface area contributed by atoms with Gasteiger partial charge in [0.2, 0.25) is 11.2 Å². The Kier molecular flexibility index (Phi) is 2.92. The first-order valence-electron chi connectivity index (χ1n) is 5.53. The highest BCUT2D eigenvalue weighted by Gasteiger charge is 2.04. The Morgan fingerprint density at radius 1 is 1.26 bits per heavy atom. The van der Waals surface area contributed by atoms with Gasteiger partial charge in [-0.2, -0.15) is 10.1 Å². The summed E-state index contributed by atoms with van der Waals surface area (Å²) in [4.78, 5) is 8.00. The van der Waals surface area contributed by atoms with Gasteiger partial charge >= 0.3 is 0 Å². The maximum atomic E-state index is 5.82. The largest absolute Gasteiger partial charge is 0.481 e. The van der Waals surface area contributed by atoms with Gasteiger partial charge in [-0.25, -0.2) is 4.98 Å². The number of nitrogens with one attached hydrogen (secondary N) is 2. The van der Waals surface area contributed by atoms with Crippen molar-refractivity contribution in [2.24, 2.45) is 0 Å². The minimum atomic E-state index is 0.131. The fraction of sp³-hybridized carbons (Fsp3) is 0.0833. The average molecular weight is 276 g/mol. The van der Waals surface area contributed by atoms with Crippen LogP contribution in [0.2, 0.25) is 5.28 Å². The minimum absolute atomic E-state index is 0.131. The fourth-order valence-electron chi connectivity index (χ4n) is 1.73. The summed E-state index contributed by atoms with van der Waals surface area (Å²) in [6, 6.07) is 7.49. The number of ether oxygens (including phenoxy) is 1. The fourth-order valence-corrected chi connectivity index (χ4v) is 1.91. The Bertz CT molecular complexity index is 727. The molecule has 6 nitrogen and oxygen atoms in total. The van der Waals surface area contributed by atoms with E-state index < -0.39 is 0 Å². The molecule has 0 aliphatic carbocycles. The molecule has 0 atom stereocenters. The highest BCUT2D eigenvalue weighted by atomic mass is 35.5. The molecule has 0 bridgehead atoms. The first kappa shape index (κ1) is 11.7. The maximum Gasteiger partial charge on any atom is 0.227 e. The number of aromatic nitrogens is 4. The van der Waals surface area contributed by atoms with Crippen LogP contribution in [0.3, 0.4) is 0 Å². The van der Waals surface area contributed by atoms with E-state index >= 15 is 0 Å². The van der Waals surface area contributed by atoms with E-state index in [4.69, 9.17) is 16.3 Å². The van der Waals surface area contributed by atoms with E-state index in [1.165, 1.54) is 7.11 Å². The number of aromatic amines is 1. The molecule has 0 radical (unpaired) electrons. The summed E-state index contributed by atoms with van der Waals surface area (Å²) >= 11 is 5.82. The van der Waals surface area contributed by atoms with E-state index in [1.807, 2.05) is 18.2 Å². The number of fused-ring (bicyclic) bond motifs is 1. The summed E-state index contributed by atoms with van der Waals surface area (Å²) in [5, 5.41) is 11.2. The molecule has 0 spiro atoms. The van der Waals surface area contributed by atoms with Crippen LogP contribution in [-0.4, -0.2) is 27.3 Å². The Hall–Kier alpha value is -2.34. The summed E-state index contributed by atoms with van der Waals surface area (Å²) in [5.41, 5.74) is 1.86. The van der Waals surface area contributed by atoms with E-state index in [0.717, 1.165) is 16.6 Å². The standard InChI is InChI=1S/C12H10ClN5O/c1-19-11-5-10(16-12(13)17-11)15-8-2-3-9-7(4-8)6-14-18-9/h2-6H,1H3,(H,14,18)(H,15,16,17). The van der Waals surface area contributed by atoms with Crippen LogP contribution in [-0.2, 0) is 0 Å². The number of halogens is 1. The van der Waals surface area contributed by atoms with Crippen LogP contribution in [0.5, 0.6) is 5.88 Å². The van der Waals surface area contributed by atoms with E-state index in [0.29, 0.717) is 11.7 Å². The molecule has 0 aliphatic heterocycles. The summed E-state index contributed by atoms with van der Waals surface area (Å²) in [7, 11) is 1.53. The summed E-state index contributed by atoms with van der Waals surface area (Å²) in [5.74, 6) is 0.978. The second kappa shape index (κ2) is 4.74. The lowest BCUT2D eigenvalue weighted by atomic mass is 10.2. The molecule has 0 aliphatic rings. The molecule has 0 amide bonds. The molecule has 19 heavy (non-hydrogen) atoms. The van der Waals surface area contributed by atoms with Crippen molar-refractivity contribution < 1.29 is 4.74 Å². The van der Waals surface area contributed by atoms with Gasteiger partial charge in [0.05, 0.1) is 18.8 Å². The van der Waals surface area contributed by atoms with Gasteiger partial charge in [0.15, 0.2) is 0 Å². The van der Waals surface area contributed by atoms with Gasteiger partial charge in [0.1, 0.15) is 5.82 Å². The molecular weight excluding hydrogens is 266 g/mol. The molecule has 2 N–H and O–H groups in total. The van der Waals surface area contributed by atoms with Crippen molar-refractivity contribution in [1.29, 1.82) is 0 Å². The molecule has 0 saturated heterocycles. The van der Waals surface area contributed by atoms with Gasteiger partial charge in [-0.15, -0.1) is 0 Å². The van der Waals surface area contributed by atoms with Crippen molar-refractivity contribution in [1.82, 2.24) is 20.2 Å². The first-order chi connectivity index (χ1) is 9.24. The maximum absolute atomic E-state index is 5.82. The number of H-pyrrole nitrogens is 1. The van der Waals surface area contributed by atoms with Crippen LogP contribution in [0, 0.1) is 0 Å². The van der Waals surface area contributed by atoms with Crippen LogP contribution in [0.25, 0.3) is 10.9 Å². The number of anilines is 2. The van der Waals surface area contributed by atoms with Crippen molar-refractivity contribution in [3.05, 3.63) is 35.7 Å². The van der Waals surface area contributed by atoms with Gasteiger partial charge in [-0.1, -0.05) is 0 Å². The summed E-state index contributed by atoms with van der Waals surface area (Å²) in [6.45, 7) is 0. The zero-order chi connectivity index (χ0) is 13.2. The monoisotopic (exact) mass is 275 g/mol. The lowest BCUT2D eigenvalue weighted by Gasteiger charge is -2.07. The lowest BCUT2D eigenvalue weighted by molar-refractivity contribution is 0.397. The van der Waals surface area contributed by atoms with E-state index in [9.17, 15) is 0 Å². The van der Waals surface area contributed by atoms with Crippen LogP contribution < -0.4 is 10.1 Å². The molecule has 3 rings (SSSR count). The number of nitrogens with zero attached hydrogens (tertiary/aromatic N) is 3. The molecule has 0 saturated carbocycles. The molecule has 7 heteroatoms. The Labute approximate surface area is 113 Å². The van der Waals surface area contributed by atoms with E-state index in [2.05, 4.69) is 25.5 Å². The number of hydrogen-bond donors (Lipinski definition) is 2. The minimum Gasteiger partial charge on any atom is -0.481 e. The van der Waals surface area contributed by atoms with Crippen molar-refractivity contribution in [2.75, 3.05) is 12.4 Å². The SMILES string of the molecule is COc1cc(Nc2ccc3[nH]ncc3c2)nc(Cl)n1. The zero-order valence-electron chi connectivity index (χ0n) is 10.0. The third kappa shape index (κ3) is 2.43. The van der Waals surface area contributed by atoms with Gasteiger partial charge in [0.25, 0.3) is 0 Å². The van der Waals surface area contributed by atoms with E-state index in [1.54, 1.807) is 12.3 Å². The van der Waals surface area contributed by atoms with Crippen molar-refractivity contribution in [3.8, 4) is 5.88 Å². The number of benzene rings is 1. The van der Waals surface area contributed by atoms with Gasteiger partial charge in [-0.05, 0) is 29.8 Å². The average Bonchev–Trinajstić information content (AvgIpc) is 2.85. The third-order valence-electron chi connectivity index (χ3n) is 2.60. The topological polar surface area (TPSA) is 75.7 Å². The van der Waals surface area contributed by atoms with Crippen LogP contribution in [0.15, 0.2) is 30.5 Å². The van der Waals surface area contributed by atoms with Crippen molar-refractivity contribution in [2.45, 2.75) is 0 Å². The molecule has 2 aromatic heterocycles. The van der Waals surface area contributed by atoms with Crippen LogP contribution in [0.1, 0.15) is 0 Å². The lowest BCUT2D eigenvalue weighted by Crippen LogP contribution is -1.97. The molecule has 1 aromatic carbocycles. The number of rotatable bonds is 3.